The average Bonchev–Trinajstić information content (AvgIpc) is 2.05. The summed E-state index contributed by atoms with van der Waals surface area (Å²) in [5, 5.41) is 8.58. The second kappa shape index (κ2) is 4.04. The van der Waals surface area contributed by atoms with E-state index < -0.39 is 5.97 Å². The van der Waals surface area contributed by atoms with Crippen molar-refractivity contribution in [2.75, 3.05) is 0 Å². The lowest BCUT2D eigenvalue weighted by Gasteiger charge is -2.06. The summed E-state index contributed by atoms with van der Waals surface area (Å²) in [5.41, 5.74) is 1.38. The zero-order valence-corrected chi connectivity index (χ0v) is 9.13. The number of hydrogen-bond donors (Lipinski definition) is 1. The summed E-state index contributed by atoms with van der Waals surface area (Å²) in [5.74, 6) is -1.30. The molecule has 0 aliphatic rings. The average molecular weight is 294 g/mol. The molecule has 0 bridgehead atoms. The van der Waals surface area contributed by atoms with Crippen LogP contribution in [0.2, 0.25) is 0 Å². The second-order valence-corrected chi connectivity index (χ2v) is 3.81. The lowest BCUT2D eigenvalue weighted by molar-refractivity contribution is -0.136. The van der Waals surface area contributed by atoms with Gasteiger partial charge in [0.25, 0.3) is 0 Å². The number of hydrogen-bond acceptors (Lipinski definition) is 1. The molecule has 0 amide bonds. The van der Waals surface area contributed by atoms with Crippen molar-refractivity contribution in [3.63, 3.8) is 0 Å². The highest BCUT2D eigenvalue weighted by Crippen LogP contribution is 2.20. The van der Waals surface area contributed by atoms with Crippen molar-refractivity contribution in [1.29, 1.82) is 0 Å². The van der Waals surface area contributed by atoms with E-state index in [1.54, 1.807) is 13.0 Å². The van der Waals surface area contributed by atoms with Crippen molar-refractivity contribution >= 4 is 28.6 Å². The molecule has 0 saturated heterocycles. The molecular formula is C9H8FIO2. The van der Waals surface area contributed by atoms with Gasteiger partial charge in [-0.3, -0.25) is 4.79 Å². The number of aliphatic carboxylic acids is 1. The van der Waals surface area contributed by atoms with Crippen LogP contribution in [0.15, 0.2) is 12.1 Å². The maximum Gasteiger partial charge on any atom is 0.307 e. The Morgan fingerprint density at radius 2 is 2.23 bits per heavy atom. The summed E-state index contributed by atoms with van der Waals surface area (Å²) in [6, 6.07) is 2.94. The van der Waals surface area contributed by atoms with Gasteiger partial charge in [0.15, 0.2) is 0 Å². The van der Waals surface area contributed by atoms with Crippen molar-refractivity contribution in [3.05, 3.63) is 32.6 Å². The largest absolute Gasteiger partial charge is 0.481 e. The molecule has 1 aromatic carbocycles. The Bertz CT molecular complexity index is 350. The first-order valence-corrected chi connectivity index (χ1v) is 4.75. The van der Waals surface area contributed by atoms with Crippen LogP contribution in [-0.2, 0) is 11.2 Å². The lowest BCUT2D eigenvalue weighted by atomic mass is 10.1. The predicted octanol–water partition coefficient (Wildman–Crippen LogP) is 2.37. The van der Waals surface area contributed by atoms with E-state index in [9.17, 15) is 9.18 Å². The van der Waals surface area contributed by atoms with Gasteiger partial charge in [-0.1, -0.05) is 6.07 Å². The zero-order chi connectivity index (χ0) is 10.0. The summed E-state index contributed by atoms with van der Waals surface area (Å²) in [6.07, 6.45) is -0.123. The number of aryl methyl sites for hydroxylation is 1. The molecule has 4 heteroatoms. The molecule has 0 heterocycles. The smallest absolute Gasteiger partial charge is 0.307 e. The third-order valence-electron chi connectivity index (χ3n) is 1.76. The molecule has 0 atom stereocenters. The summed E-state index contributed by atoms with van der Waals surface area (Å²) in [4.78, 5) is 10.5. The molecule has 0 fully saturated rings. The number of rotatable bonds is 2. The first-order chi connectivity index (χ1) is 6.02. The number of carbonyl (C=O) groups is 1. The predicted molar refractivity (Wildman–Crippen MR) is 55.2 cm³/mol. The standard InChI is InChI=1S/C9H8FIO2/c1-5-2-3-7(10)9(11)6(5)4-8(12)13/h2-3H,4H2,1H3,(H,12,13). The minimum atomic E-state index is -0.938. The van der Waals surface area contributed by atoms with Crippen LogP contribution in [0.5, 0.6) is 0 Å². The van der Waals surface area contributed by atoms with E-state index in [1.807, 2.05) is 22.6 Å². The Balaban J connectivity index is 3.17. The van der Waals surface area contributed by atoms with Crippen LogP contribution in [0.3, 0.4) is 0 Å². The Hall–Kier alpha value is -0.650. The first-order valence-electron chi connectivity index (χ1n) is 3.67. The van der Waals surface area contributed by atoms with E-state index in [1.165, 1.54) is 6.07 Å². The van der Waals surface area contributed by atoms with Gasteiger partial charge in [-0.2, -0.15) is 0 Å². The molecule has 1 rings (SSSR count). The van der Waals surface area contributed by atoms with Gasteiger partial charge in [-0.05, 0) is 46.7 Å². The number of carboxylic acids is 1. The van der Waals surface area contributed by atoms with E-state index >= 15 is 0 Å². The van der Waals surface area contributed by atoms with Gasteiger partial charge >= 0.3 is 5.97 Å². The molecule has 0 radical (unpaired) electrons. The van der Waals surface area contributed by atoms with E-state index in [2.05, 4.69) is 0 Å². The van der Waals surface area contributed by atoms with E-state index in [0.29, 0.717) is 9.13 Å². The quantitative estimate of drug-likeness (QED) is 0.850. The Labute approximate surface area is 88.9 Å². The summed E-state index contributed by atoms with van der Waals surface area (Å²) in [6.45, 7) is 1.78. The minimum Gasteiger partial charge on any atom is -0.481 e. The number of halogens is 2. The minimum absolute atomic E-state index is 0.123. The SMILES string of the molecule is Cc1ccc(F)c(I)c1CC(=O)O. The topological polar surface area (TPSA) is 37.3 Å². The third-order valence-corrected chi connectivity index (χ3v) is 2.92. The highest BCUT2D eigenvalue weighted by Gasteiger charge is 2.11. The fourth-order valence-corrected chi connectivity index (χ4v) is 1.85. The molecule has 13 heavy (non-hydrogen) atoms. The molecule has 0 unspecified atom stereocenters. The molecule has 0 aromatic heterocycles. The number of benzene rings is 1. The highest BCUT2D eigenvalue weighted by molar-refractivity contribution is 14.1. The third kappa shape index (κ3) is 2.40. The summed E-state index contributed by atoms with van der Waals surface area (Å²) in [7, 11) is 0. The van der Waals surface area contributed by atoms with Crippen LogP contribution in [-0.4, -0.2) is 11.1 Å². The van der Waals surface area contributed by atoms with Gasteiger partial charge in [0.05, 0.1) is 9.99 Å². The van der Waals surface area contributed by atoms with Gasteiger partial charge < -0.3 is 5.11 Å². The Morgan fingerprint density at radius 3 is 2.77 bits per heavy atom. The van der Waals surface area contributed by atoms with Crippen LogP contribution in [0.1, 0.15) is 11.1 Å². The van der Waals surface area contributed by atoms with Crippen LogP contribution in [0.4, 0.5) is 4.39 Å². The van der Waals surface area contributed by atoms with Gasteiger partial charge in [0.1, 0.15) is 5.82 Å². The van der Waals surface area contributed by atoms with Crippen LogP contribution < -0.4 is 0 Å². The van der Waals surface area contributed by atoms with Gasteiger partial charge in [0.2, 0.25) is 0 Å². The van der Waals surface area contributed by atoms with E-state index in [0.717, 1.165) is 5.56 Å². The highest BCUT2D eigenvalue weighted by atomic mass is 127. The molecule has 0 spiro atoms. The molecule has 1 N–H and O–H groups in total. The molecule has 0 saturated carbocycles. The fourth-order valence-electron chi connectivity index (χ4n) is 1.06. The van der Waals surface area contributed by atoms with Crippen LogP contribution >= 0.6 is 22.6 Å². The summed E-state index contributed by atoms with van der Waals surface area (Å²) >= 11 is 1.83. The van der Waals surface area contributed by atoms with Crippen LogP contribution in [0, 0.1) is 16.3 Å². The molecule has 70 valence electrons. The summed E-state index contributed by atoms with van der Waals surface area (Å²) < 4.78 is 13.4. The lowest BCUT2D eigenvalue weighted by Crippen LogP contribution is -2.05. The number of carboxylic acid groups (broad SMARTS) is 1. The molecule has 0 aliphatic heterocycles. The normalized spacial score (nSPS) is 10.1. The fraction of sp³-hybridized carbons (Fsp3) is 0.222. The van der Waals surface area contributed by atoms with Crippen molar-refractivity contribution in [2.45, 2.75) is 13.3 Å². The molecule has 2 nitrogen and oxygen atoms in total. The van der Waals surface area contributed by atoms with E-state index in [4.69, 9.17) is 5.11 Å². The van der Waals surface area contributed by atoms with Crippen molar-refractivity contribution < 1.29 is 14.3 Å². The van der Waals surface area contributed by atoms with Gasteiger partial charge in [0, 0.05) is 0 Å². The molecule has 0 aliphatic carbocycles. The second-order valence-electron chi connectivity index (χ2n) is 2.73. The monoisotopic (exact) mass is 294 g/mol. The maximum absolute atomic E-state index is 13.0. The van der Waals surface area contributed by atoms with Crippen molar-refractivity contribution in [1.82, 2.24) is 0 Å². The van der Waals surface area contributed by atoms with Gasteiger partial charge in [-0.25, -0.2) is 4.39 Å². The van der Waals surface area contributed by atoms with Crippen molar-refractivity contribution in [2.24, 2.45) is 0 Å². The van der Waals surface area contributed by atoms with Crippen molar-refractivity contribution in [3.8, 4) is 0 Å². The zero-order valence-electron chi connectivity index (χ0n) is 6.97. The maximum atomic E-state index is 13.0. The Morgan fingerprint density at radius 1 is 1.62 bits per heavy atom. The van der Waals surface area contributed by atoms with Crippen LogP contribution in [0.25, 0.3) is 0 Å². The first kappa shape index (κ1) is 10.4. The Kier molecular flexibility index (Phi) is 3.24. The van der Waals surface area contributed by atoms with Gasteiger partial charge in [-0.15, -0.1) is 0 Å². The molecule has 1 aromatic rings. The van der Waals surface area contributed by atoms with E-state index in [-0.39, 0.29) is 12.2 Å². The molecular weight excluding hydrogens is 286 g/mol.